The number of hydrogen-bond acceptors (Lipinski definition) is 4. The van der Waals surface area contributed by atoms with Crippen molar-refractivity contribution in [1.82, 2.24) is 0 Å². The topological polar surface area (TPSA) is 36.9 Å². The SMILES string of the molecule is CCOc1[c]ccc(-c2cccc(OC)c2OC)c1OCC. The molecule has 0 aromatic heterocycles. The zero-order valence-corrected chi connectivity index (χ0v) is 13.4. The molecule has 117 valence electrons. The summed E-state index contributed by atoms with van der Waals surface area (Å²) in [7, 11) is 3.25. The average molecular weight is 301 g/mol. The van der Waals surface area contributed by atoms with E-state index in [-0.39, 0.29) is 0 Å². The van der Waals surface area contributed by atoms with E-state index in [9.17, 15) is 0 Å². The summed E-state index contributed by atoms with van der Waals surface area (Å²) in [4.78, 5) is 0. The molecule has 1 radical (unpaired) electrons. The lowest BCUT2D eigenvalue weighted by molar-refractivity contribution is 0.288. The van der Waals surface area contributed by atoms with Gasteiger partial charge in [0.25, 0.3) is 0 Å². The largest absolute Gasteiger partial charge is 0.493 e. The van der Waals surface area contributed by atoms with Crippen molar-refractivity contribution in [1.29, 1.82) is 0 Å². The molecule has 2 aromatic rings. The molecule has 4 nitrogen and oxygen atoms in total. The molecule has 0 N–H and O–H groups in total. The molecule has 0 aliphatic rings. The molecule has 0 aliphatic carbocycles. The summed E-state index contributed by atoms with van der Waals surface area (Å²) in [5, 5.41) is 0. The molecule has 0 bridgehead atoms. The first-order valence-corrected chi connectivity index (χ1v) is 7.28. The Morgan fingerprint density at radius 2 is 1.59 bits per heavy atom. The highest BCUT2D eigenvalue weighted by molar-refractivity contribution is 5.80. The molecule has 4 heteroatoms. The van der Waals surface area contributed by atoms with E-state index in [0.717, 1.165) is 11.1 Å². The molecule has 0 spiro atoms. The first kappa shape index (κ1) is 16.0. The molecule has 0 amide bonds. The molecule has 0 atom stereocenters. The summed E-state index contributed by atoms with van der Waals surface area (Å²) < 4.78 is 22.3. The predicted octanol–water partition coefficient (Wildman–Crippen LogP) is 3.97. The summed E-state index contributed by atoms with van der Waals surface area (Å²) in [6, 6.07) is 12.6. The molecule has 0 unspecified atom stereocenters. The van der Waals surface area contributed by atoms with Crippen molar-refractivity contribution in [3.05, 3.63) is 36.4 Å². The highest BCUT2D eigenvalue weighted by Crippen LogP contribution is 2.44. The molecular formula is C18H21O4. The molecule has 0 saturated heterocycles. The maximum Gasteiger partial charge on any atom is 0.169 e. The molecule has 22 heavy (non-hydrogen) atoms. The Morgan fingerprint density at radius 1 is 0.864 bits per heavy atom. The van der Waals surface area contributed by atoms with Gasteiger partial charge in [-0.1, -0.05) is 12.1 Å². The number of hydrogen-bond donors (Lipinski definition) is 0. The summed E-state index contributed by atoms with van der Waals surface area (Å²) in [5.41, 5.74) is 1.78. The van der Waals surface area contributed by atoms with Gasteiger partial charge >= 0.3 is 0 Å². The van der Waals surface area contributed by atoms with Crippen LogP contribution in [0.2, 0.25) is 0 Å². The predicted molar refractivity (Wildman–Crippen MR) is 86.2 cm³/mol. The fourth-order valence-corrected chi connectivity index (χ4v) is 2.31. The van der Waals surface area contributed by atoms with Crippen molar-refractivity contribution in [2.45, 2.75) is 13.8 Å². The monoisotopic (exact) mass is 301 g/mol. The Morgan fingerprint density at radius 3 is 2.23 bits per heavy atom. The van der Waals surface area contributed by atoms with Crippen LogP contribution >= 0.6 is 0 Å². The normalized spacial score (nSPS) is 10.2. The lowest BCUT2D eigenvalue weighted by atomic mass is 10.0. The molecule has 2 rings (SSSR count). The quantitative estimate of drug-likeness (QED) is 0.775. The van der Waals surface area contributed by atoms with Gasteiger partial charge < -0.3 is 18.9 Å². The maximum absolute atomic E-state index is 5.80. The van der Waals surface area contributed by atoms with Gasteiger partial charge in [0.2, 0.25) is 0 Å². The van der Waals surface area contributed by atoms with E-state index in [1.807, 2.05) is 44.2 Å². The lowest BCUT2D eigenvalue weighted by Gasteiger charge is -2.17. The number of rotatable bonds is 7. The second kappa shape index (κ2) is 7.59. The molecule has 0 aliphatic heterocycles. The van der Waals surface area contributed by atoms with Gasteiger partial charge in [0.15, 0.2) is 23.0 Å². The van der Waals surface area contributed by atoms with Gasteiger partial charge in [-0.3, -0.25) is 0 Å². The van der Waals surface area contributed by atoms with Crippen LogP contribution in [-0.2, 0) is 0 Å². The van der Waals surface area contributed by atoms with Gasteiger partial charge in [0.1, 0.15) is 0 Å². The third-order valence-electron chi connectivity index (χ3n) is 3.19. The van der Waals surface area contributed by atoms with E-state index in [1.54, 1.807) is 14.2 Å². The highest BCUT2D eigenvalue weighted by Gasteiger charge is 2.18. The van der Waals surface area contributed by atoms with Crippen molar-refractivity contribution < 1.29 is 18.9 Å². The summed E-state index contributed by atoms with van der Waals surface area (Å²) in [6.07, 6.45) is 0. The Balaban J connectivity index is 2.64. The van der Waals surface area contributed by atoms with Crippen molar-refractivity contribution >= 4 is 0 Å². The summed E-state index contributed by atoms with van der Waals surface area (Å²) in [5.74, 6) is 2.61. The Bertz CT molecular complexity index is 622. The van der Waals surface area contributed by atoms with Crippen LogP contribution in [0.5, 0.6) is 23.0 Å². The van der Waals surface area contributed by atoms with Gasteiger partial charge in [0, 0.05) is 17.2 Å². The third kappa shape index (κ3) is 3.11. The van der Waals surface area contributed by atoms with E-state index in [1.165, 1.54) is 0 Å². The van der Waals surface area contributed by atoms with Crippen molar-refractivity contribution in [2.24, 2.45) is 0 Å². The number of methoxy groups -OCH3 is 2. The minimum Gasteiger partial charge on any atom is -0.493 e. The van der Waals surface area contributed by atoms with Gasteiger partial charge in [-0.2, -0.15) is 0 Å². The molecule has 2 aromatic carbocycles. The Labute approximate surface area is 131 Å². The molecule has 0 fully saturated rings. The molecule has 0 heterocycles. The minimum absolute atomic E-state index is 0.539. The summed E-state index contributed by atoms with van der Waals surface area (Å²) >= 11 is 0. The number of ether oxygens (including phenoxy) is 4. The standard InChI is InChI=1S/C18H21O4/c1-5-21-16-12-8-10-14(18(16)22-6-2)13-9-7-11-15(19-3)17(13)20-4/h7-11H,5-6H2,1-4H3. The van der Waals surface area contributed by atoms with Crippen molar-refractivity contribution in [2.75, 3.05) is 27.4 Å². The highest BCUT2D eigenvalue weighted by atomic mass is 16.5. The van der Waals surface area contributed by atoms with E-state index >= 15 is 0 Å². The van der Waals surface area contributed by atoms with Crippen LogP contribution in [0, 0.1) is 6.07 Å². The van der Waals surface area contributed by atoms with E-state index in [4.69, 9.17) is 18.9 Å². The van der Waals surface area contributed by atoms with Crippen LogP contribution in [-0.4, -0.2) is 27.4 Å². The van der Waals surface area contributed by atoms with E-state index in [0.29, 0.717) is 36.2 Å². The van der Waals surface area contributed by atoms with Crippen LogP contribution < -0.4 is 18.9 Å². The van der Waals surface area contributed by atoms with Gasteiger partial charge in [-0.05, 0) is 32.0 Å². The Kier molecular flexibility index (Phi) is 5.53. The molecule has 0 saturated carbocycles. The lowest BCUT2D eigenvalue weighted by Crippen LogP contribution is -2.01. The van der Waals surface area contributed by atoms with Crippen LogP contribution in [0.3, 0.4) is 0 Å². The Hall–Kier alpha value is -2.36. The first-order valence-electron chi connectivity index (χ1n) is 7.28. The zero-order chi connectivity index (χ0) is 15.9. The summed E-state index contributed by atoms with van der Waals surface area (Å²) in [6.45, 7) is 4.96. The smallest absolute Gasteiger partial charge is 0.169 e. The van der Waals surface area contributed by atoms with Crippen LogP contribution in [0.25, 0.3) is 11.1 Å². The minimum atomic E-state index is 0.539. The zero-order valence-electron chi connectivity index (χ0n) is 13.4. The average Bonchev–Trinajstić information content (AvgIpc) is 2.56. The van der Waals surface area contributed by atoms with Crippen LogP contribution in [0.4, 0.5) is 0 Å². The van der Waals surface area contributed by atoms with E-state index < -0.39 is 0 Å². The fourth-order valence-electron chi connectivity index (χ4n) is 2.31. The second-order valence-electron chi connectivity index (χ2n) is 4.46. The van der Waals surface area contributed by atoms with Crippen molar-refractivity contribution in [3.63, 3.8) is 0 Å². The van der Waals surface area contributed by atoms with Gasteiger partial charge in [-0.25, -0.2) is 0 Å². The van der Waals surface area contributed by atoms with Gasteiger partial charge in [0.05, 0.1) is 27.4 Å². The molecular weight excluding hydrogens is 280 g/mol. The van der Waals surface area contributed by atoms with Crippen LogP contribution in [0.15, 0.2) is 30.3 Å². The number of benzene rings is 2. The van der Waals surface area contributed by atoms with Gasteiger partial charge in [-0.15, -0.1) is 0 Å². The second-order valence-corrected chi connectivity index (χ2v) is 4.46. The maximum atomic E-state index is 5.80. The van der Waals surface area contributed by atoms with Crippen LogP contribution in [0.1, 0.15) is 13.8 Å². The fraction of sp³-hybridized carbons (Fsp3) is 0.333. The third-order valence-corrected chi connectivity index (χ3v) is 3.19. The number of para-hydroxylation sites is 1. The van der Waals surface area contributed by atoms with Crippen molar-refractivity contribution in [3.8, 4) is 34.1 Å². The first-order chi connectivity index (χ1) is 10.8. The van der Waals surface area contributed by atoms with E-state index in [2.05, 4.69) is 6.07 Å².